The number of morpholine rings is 1. The molecule has 10 heteroatoms. The maximum atomic E-state index is 12.3. The van der Waals surface area contributed by atoms with E-state index in [4.69, 9.17) is 14.2 Å². The van der Waals surface area contributed by atoms with Crippen molar-refractivity contribution in [3.05, 3.63) is 0 Å². The first kappa shape index (κ1) is 17.1. The largest absolute Gasteiger partial charge is 0.382 e. The Bertz CT molecular complexity index is 545. The minimum absolute atomic E-state index is 0.0627. The molecular weight excluding hydrogens is 322 g/mol. The fraction of sp³-hybridized carbons (Fsp3) is 1.00. The van der Waals surface area contributed by atoms with Crippen LogP contribution in [-0.2, 0) is 34.1 Å². The van der Waals surface area contributed by atoms with Crippen LogP contribution in [0.2, 0.25) is 0 Å². The van der Waals surface area contributed by atoms with Crippen molar-refractivity contribution >= 4 is 19.9 Å². The normalized spacial score (nSPS) is 29.4. The second kappa shape index (κ2) is 6.88. The fourth-order valence-corrected chi connectivity index (χ4v) is 6.06. The van der Waals surface area contributed by atoms with Crippen molar-refractivity contribution in [3.63, 3.8) is 0 Å². The van der Waals surface area contributed by atoms with Crippen LogP contribution in [0.4, 0.5) is 0 Å². The van der Waals surface area contributed by atoms with Gasteiger partial charge in [-0.2, -0.15) is 4.31 Å². The van der Waals surface area contributed by atoms with Gasteiger partial charge in [0.25, 0.3) is 0 Å². The number of hydrogen-bond donors (Lipinski definition) is 0. The summed E-state index contributed by atoms with van der Waals surface area (Å²) >= 11 is 0. The topological polar surface area (TPSA) is 99.2 Å². The predicted octanol–water partition coefficient (Wildman–Crippen LogP) is -1.52. The third kappa shape index (κ3) is 4.36. The van der Waals surface area contributed by atoms with Gasteiger partial charge in [-0.1, -0.05) is 0 Å². The second-order valence-corrected chi connectivity index (χ2v) is 9.28. The number of methoxy groups -OCH3 is 1. The van der Waals surface area contributed by atoms with Crippen LogP contribution >= 0.6 is 0 Å². The van der Waals surface area contributed by atoms with E-state index in [1.807, 2.05) is 0 Å². The van der Waals surface area contributed by atoms with Crippen LogP contribution in [0, 0.1) is 0 Å². The van der Waals surface area contributed by atoms with Gasteiger partial charge in [0.2, 0.25) is 10.0 Å². The van der Waals surface area contributed by atoms with E-state index in [1.165, 1.54) is 11.4 Å². The number of sulfone groups is 1. The molecule has 124 valence electrons. The molecule has 0 aromatic heterocycles. The summed E-state index contributed by atoms with van der Waals surface area (Å²) < 4.78 is 64.6. The van der Waals surface area contributed by atoms with E-state index in [0.717, 1.165) is 0 Å². The molecule has 0 saturated carbocycles. The van der Waals surface area contributed by atoms with Gasteiger partial charge in [-0.25, -0.2) is 16.8 Å². The third-order valence-electron chi connectivity index (χ3n) is 3.56. The van der Waals surface area contributed by atoms with Gasteiger partial charge in [0.15, 0.2) is 9.84 Å². The molecule has 0 N–H and O–H groups in total. The molecule has 2 fully saturated rings. The molecule has 2 heterocycles. The Kier molecular flexibility index (Phi) is 5.60. The number of fused-ring (bicyclic) bond motifs is 1. The van der Waals surface area contributed by atoms with Crippen LogP contribution in [0.5, 0.6) is 0 Å². The van der Waals surface area contributed by atoms with Crippen LogP contribution in [-0.4, -0.2) is 90.6 Å². The summed E-state index contributed by atoms with van der Waals surface area (Å²) in [6.07, 6.45) is -0.548. The van der Waals surface area contributed by atoms with E-state index in [9.17, 15) is 16.8 Å². The maximum absolute atomic E-state index is 12.3. The average Bonchev–Trinajstić information content (AvgIpc) is 2.71. The van der Waals surface area contributed by atoms with Gasteiger partial charge in [-0.05, 0) is 0 Å². The zero-order valence-corrected chi connectivity index (χ0v) is 13.6. The molecule has 2 saturated heterocycles. The van der Waals surface area contributed by atoms with Crippen molar-refractivity contribution < 1.29 is 31.0 Å². The van der Waals surface area contributed by atoms with Gasteiger partial charge in [-0.15, -0.1) is 0 Å². The summed E-state index contributed by atoms with van der Waals surface area (Å²) in [6, 6.07) is -0.604. The lowest BCUT2D eigenvalue weighted by molar-refractivity contribution is -0.0144. The van der Waals surface area contributed by atoms with E-state index in [1.54, 1.807) is 0 Å². The monoisotopic (exact) mass is 343 g/mol. The summed E-state index contributed by atoms with van der Waals surface area (Å²) in [4.78, 5) is 0. The fourth-order valence-electron chi connectivity index (χ4n) is 2.56. The summed E-state index contributed by atoms with van der Waals surface area (Å²) in [6.45, 7) is 1.21. The SMILES string of the molecule is COCCOCCS(=O)(=O)N1CCOC2CS(=O)(=O)CC21. The molecule has 0 aliphatic carbocycles. The Hall–Kier alpha value is -0.260. The highest BCUT2D eigenvalue weighted by Crippen LogP contribution is 2.26. The van der Waals surface area contributed by atoms with Crippen molar-refractivity contribution in [2.75, 3.05) is 57.3 Å². The first-order valence-electron chi connectivity index (χ1n) is 6.74. The Morgan fingerprint density at radius 2 is 2.00 bits per heavy atom. The molecule has 2 unspecified atom stereocenters. The second-order valence-electron chi connectivity index (χ2n) is 5.09. The van der Waals surface area contributed by atoms with Crippen LogP contribution < -0.4 is 0 Å². The summed E-state index contributed by atoms with van der Waals surface area (Å²) in [5, 5.41) is 0. The number of nitrogens with zero attached hydrogens (tertiary/aromatic N) is 1. The molecule has 2 aliphatic rings. The Labute approximate surface area is 125 Å². The number of sulfonamides is 1. The number of hydrogen-bond acceptors (Lipinski definition) is 7. The van der Waals surface area contributed by atoms with Crippen molar-refractivity contribution in [2.45, 2.75) is 12.1 Å². The van der Waals surface area contributed by atoms with Gasteiger partial charge >= 0.3 is 0 Å². The van der Waals surface area contributed by atoms with Crippen molar-refractivity contribution in [2.24, 2.45) is 0 Å². The van der Waals surface area contributed by atoms with Gasteiger partial charge in [0.05, 0.1) is 55.8 Å². The van der Waals surface area contributed by atoms with Crippen molar-refractivity contribution in [1.82, 2.24) is 4.31 Å². The van der Waals surface area contributed by atoms with Crippen LogP contribution in [0.3, 0.4) is 0 Å². The molecule has 0 spiro atoms. The highest BCUT2D eigenvalue weighted by Gasteiger charge is 2.47. The predicted molar refractivity (Wildman–Crippen MR) is 75.4 cm³/mol. The summed E-state index contributed by atoms with van der Waals surface area (Å²) in [5.41, 5.74) is 0. The Balaban J connectivity index is 1.95. The molecule has 0 amide bonds. The van der Waals surface area contributed by atoms with E-state index in [0.29, 0.717) is 13.2 Å². The zero-order chi connectivity index (χ0) is 15.5. The Morgan fingerprint density at radius 1 is 1.24 bits per heavy atom. The van der Waals surface area contributed by atoms with Crippen LogP contribution in [0.25, 0.3) is 0 Å². The molecule has 21 heavy (non-hydrogen) atoms. The standard InChI is InChI=1S/C11H21NO7S2/c1-17-4-5-18-6-7-21(15,16)12-2-3-19-11-9-20(13,14)8-10(11)12/h10-11H,2-9H2,1H3. The molecule has 0 aromatic rings. The minimum atomic E-state index is -3.55. The van der Waals surface area contributed by atoms with Gasteiger partial charge in [0, 0.05) is 13.7 Å². The minimum Gasteiger partial charge on any atom is -0.382 e. The lowest BCUT2D eigenvalue weighted by Gasteiger charge is -2.35. The summed E-state index contributed by atoms with van der Waals surface area (Å²) in [5.74, 6) is -0.435. The van der Waals surface area contributed by atoms with Gasteiger partial charge < -0.3 is 14.2 Å². The van der Waals surface area contributed by atoms with Crippen molar-refractivity contribution in [3.8, 4) is 0 Å². The molecule has 0 aromatic carbocycles. The molecular formula is C11H21NO7S2. The van der Waals surface area contributed by atoms with Gasteiger partial charge in [0.1, 0.15) is 0 Å². The molecule has 2 aliphatic heterocycles. The molecule has 8 nitrogen and oxygen atoms in total. The quantitative estimate of drug-likeness (QED) is 0.518. The molecule has 2 atom stereocenters. The molecule has 2 rings (SSSR count). The average molecular weight is 343 g/mol. The van der Waals surface area contributed by atoms with E-state index >= 15 is 0 Å². The maximum Gasteiger partial charge on any atom is 0.216 e. The Morgan fingerprint density at radius 3 is 2.71 bits per heavy atom. The van der Waals surface area contributed by atoms with E-state index in [2.05, 4.69) is 0 Å². The highest BCUT2D eigenvalue weighted by molar-refractivity contribution is 7.92. The smallest absolute Gasteiger partial charge is 0.216 e. The lowest BCUT2D eigenvalue weighted by atomic mass is 10.2. The van der Waals surface area contributed by atoms with Crippen LogP contribution in [0.1, 0.15) is 0 Å². The molecule has 0 radical (unpaired) electrons. The zero-order valence-electron chi connectivity index (χ0n) is 11.9. The first-order valence-corrected chi connectivity index (χ1v) is 10.2. The van der Waals surface area contributed by atoms with E-state index < -0.39 is 32.0 Å². The van der Waals surface area contributed by atoms with Crippen LogP contribution in [0.15, 0.2) is 0 Å². The lowest BCUT2D eigenvalue weighted by Crippen LogP contribution is -2.54. The molecule has 0 bridgehead atoms. The highest BCUT2D eigenvalue weighted by atomic mass is 32.2. The first-order chi connectivity index (χ1) is 9.86. The van der Waals surface area contributed by atoms with Gasteiger partial charge in [-0.3, -0.25) is 0 Å². The summed E-state index contributed by atoms with van der Waals surface area (Å²) in [7, 11) is -5.25. The number of ether oxygens (including phenoxy) is 3. The van der Waals surface area contributed by atoms with Crippen molar-refractivity contribution in [1.29, 1.82) is 0 Å². The third-order valence-corrected chi connectivity index (χ3v) is 7.10. The van der Waals surface area contributed by atoms with E-state index in [-0.39, 0.29) is 37.0 Å². The number of rotatable bonds is 7.